The van der Waals surface area contributed by atoms with Crippen LogP contribution in [0.2, 0.25) is 0 Å². The zero-order chi connectivity index (χ0) is 30.5. The van der Waals surface area contributed by atoms with Crippen molar-refractivity contribution in [3.05, 3.63) is 95.1 Å². The van der Waals surface area contributed by atoms with E-state index in [9.17, 15) is 31.5 Å². The van der Waals surface area contributed by atoms with E-state index in [2.05, 4.69) is 10.2 Å². The van der Waals surface area contributed by atoms with Gasteiger partial charge in [0.15, 0.2) is 9.84 Å². The van der Waals surface area contributed by atoms with Crippen LogP contribution in [0.3, 0.4) is 0 Å². The number of ether oxygens (including phenoxy) is 1. The molecule has 42 heavy (non-hydrogen) atoms. The molecule has 1 amide bonds. The molecule has 0 saturated carbocycles. The Balaban J connectivity index is 1.41. The largest absolute Gasteiger partial charge is 0.416 e. The molecule has 0 spiro atoms. The normalized spacial score (nSPS) is 18.2. The van der Waals surface area contributed by atoms with Crippen molar-refractivity contribution in [2.45, 2.75) is 42.9 Å². The number of nitrogens with zero attached hydrogens (tertiary/aromatic N) is 1. The smallest absolute Gasteiger partial charge is 0.394 e. The number of amides is 1. The fourth-order valence-corrected chi connectivity index (χ4v) is 6.23. The monoisotopic (exact) mass is 604 g/mol. The summed E-state index contributed by atoms with van der Waals surface area (Å²) in [4.78, 5) is 15.4. The van der Waals surface area contributed by atoms with E-state index < -0.39 is 27.6 Å². The molecule has 1 saturated heterocycles. The van der Waals surface area contributed by atoms with Gasteiger partial charge in [-0.25, -0.2) is 8.42 Å². The molecule has 1 unspecified atom stereocenters. The number of aliphatic hydroxyl groups is 1. The highest BCUT2D eigenvalue weighted by molar-refractivity contribution is 7.91. The molecule has 0 radical (unpaired) electrons. The van der Waals surface area contributed by atoms with Crippen LogP contribution >= 0.6 is 0 Å². The lowest BCUT2D eigenvalue weighted by Gasteiger charge is -2.26. The molecule has 3 aromatic rings. The van der Waals surface area contributed by atoms with Crippen LogP contribution in [-0.2, 0) is 27.2 Å². The van der Waals surface area contributed by atoms with Crippen molar-refractivity contribution >= 4 is 21.4 Å². The number of rotatable bonds is 11. The first-order chi connectivity index (χ1) is 19.9. The minimum Gasteiger partial charge on any atom is -0.394 e. The zero-order valence-corrected chi connectivity index (χ0v) is 24.3. The minimum absolute atomic E-state index is 0.0219. The Bertz CT molecular complexity index is 1440. The first-order valence-electron chi connectivity index (χ1n) is 13.7. The lowest BCUT2D eigenvalue weighted by molar-refractivity contribution is -0.137. The standard InChI is InChI=1S/C31H35F3N2O5S/c1-3-42(39,40)28-14-8-23(9-15-28)29(19-37)35-30(38)24-6-12-26(13-7-24)36-18-22(17-27(36)20-41-2)16-21-4-10-25(11-5-21)31(32,33)34/h4-15,22,27,29,37H,3,16-20H2,1-2H3,(H,35,38)/t22?,27-,29-/m0/s1. The molecule has 4 rings (SSSR count). The summed E-state index contributed by atoms with van der Waals surface area (Å²) in [6.45, 7) is 2.38. The maximum atomic E-state index is 13.0. The quantitative estimate of drug-likeness (QED) is 0.318. The number of halogens is 3. The summed E-state index contributed by atoms with van der Waals surface area (Å²) in [6, 6.07) is 17.8. The van der Waals surface area contributed by atoms with Crippen molar-refractivity contribution in [2.75, 3.05) is 37.5 Å². The average Bonchev–Trinajstić information content (AvgIpc) is 3.37. The Morgan fingerprint density at radius 1 is 1.05 bits per heavy atom. The van der Waals surface area contributed by atoms with Gasteiger partial charge < -0.3 is 20.1 Å². The summed E-state index contributed by atoms with van der Waals surface area (Å²) < 4.78 is 68.3. The summed E-state index contributed by atoms with van der Waals surface area (Å²) in [5.74, 6) is -0.193. The van der Waals surface area contributed by atoms with Crippen LogP contribution in [0.1, 0.15) is 46.4 Å². The van der Waals surface area contributed by atoms with Crippen molar-refractivity contribution in [3.63, 3.8) is 0 Å². The van der Waals surface area contributed by atoms with E-state index in [1.165, 1.54) is 24.3 Å². The van der Waals surface area contributed by atoms with E-state index >= 15 is 0 Å². The van der Waals surface area contributed by atoms with Crippen LogP contribution in [-0.4, -0.2) is 58.1 Å². The highest BCUT2D eigenvalue weighted by Gasteiger charge is 2.33. The number of carbonyl (C=O) groups excluding carboxylic acids is 1. The predicted octanol–water partition coefficient (Wildman–Crippen LogP) is 5.05. The number of nitrogens with one attached hydrogen (secondary N) is 1. The Labute approximate surface area is 244 Å². The van der Waals surface area contributed by atoms with E-state index in [0.29, 0.717) is 30.7 Å². The number of sulfone groups is 1. The maximum absolute atomic E-state index is 13.0. The number of benzene rings is 3. The Kier molecular flexibility index (Phi) is 9.96. The number of alkyl halides is 3. The molecule has 226 valence electrons. The molecular weight excluding hydrogens is 569 g/mol. The van der Waals surface area contributed by atoms with Gasteiger partial charge in [0.25, 0.3) is 5.91 Å². The number of anilines is 1. The lowest BCUT2D eigenvalue weighted by Crippen LogP contribution is -2.33. The molecule has 1 aliphatic heterocycles. The first kappa shape index (κ1) is 31.5. The zero-order valence-electron chi connectivity index (χ0n) is 23.5. The van der Waals surface area contributed by atoms with Crippen molar-refractivity contribution < 1.29 is 36.2 Å². The Hall–Kier alpha value is -3.41. The van der Waals surface area contributed by atoms with Crippen molar-refractivity contribution in [1.29, 1.82) is 0 Å². The molecule has 0 aliphatic carbocycles. The van der Waals surface area contributed by atoms with Crippen LogP contribution < -0.4 is 10.2 Å². The Morgan fingerprint density at radius 2 is 1.69 bits per heavy atom. The van der Waals surface area contributed by atoms with Crippen molar-refractivity contribution in [3.8, 4) is 0 Å². The van der Waals surface area contributed by atoms with Gasteiger partial charge in [0.2, 0.25) is 0 Å². The molecule has 3 aromatic carbocycles. The molecule has 1 aliphatic rings. The summed E-state index contributed by atoms with van der Waals surface area (Å²) in [5, 5.41) is 12.7. The van der Waals surface area contributed by atoms with Gasteiger partial charge in [-0.15, -0.1) is 0 Å². The van der Waals surface area contributed by atoms with E-state index in [4.69, 9.17) is 4.74 Å². The molecule has 0 aromatic heterocycles. The number of hydrogen-bond acceptors (Lipinski definition) is 6. The predicted molar refractivity (Wildman–Crippen MR) is 154 cm³/mol. The second kappa shape index (κ2) is 13.3. The summed E-state index contributed by atoms with van der Waals surface area (Å²) in [7, 11) is -1.73. The van der Waals surface area contributed by atoms with Gasteiger partial charge in [-0.3, -0.25) is 4.79 Å². The topological polar surface area (TPSA) is 95.9 Å². The number of methoxy groups -OCH3 is 1. The van der Waals surface area contributed by atoms with Gasteiger partial charge in [-0.2, -0.15) is 13.2 Å². The third-order valence-corrected chi connectivity index (χ3v) is 9.39. The lowest BCUT2D eigenvalue weighted by atomic mass is 9.96. The molecule has 1 heterocycles. The summed E-state index contributed by atoms with van der Waals surface area (Å²) in [5.41, 5.74) is 2.06. The van der Waals surface area contributed by atoms with Crippen LogP contribution in [0, 0.1) is 5.92 Å². The van der Waals surface area contributed by atoms with E-state index in [1.54, 1.807) is 38.3 Å². The van der Waals surface area contributed by atoms with Gasteiger partial charge in [-0.1, -0.05) is 31.2 Å². The van der Waals surface area contributed by atoms with Crippen LogP contribution in [0.15, 0.2) is 77.7 Å². The summed E-state index contributed by atoms with van der Waals surface area (Å²) in [6.07, 6.45) is -2.91. The van der Waals surface area contributed by atoms with Crippen LogP contribution in [0.4, 0.5) is 18.9 Å². The number of hydrogen-bond donors (Lipinski definition) is 2. The van der Waals surface area contributed by atoms with Gasteiger partial charge >= 0.3 is 6.18 Å². The molecule has 2 N–H and O–H groups in total. The van der Waals surface area contributed by atoms with Gasteiger partial charge in [-0.05, 0) is 78.4 Å². The third-order valence-electron chi connectivity index (χ3n) is 7.64. The molecule has 11 heteroatoms. The van der Waals surface area contributed by atoms with Gasteiger partial charge in [0.05, 0.1) is 41.5 Å². The number of carbonyl (C=O) groups is 1. The van der Waals surface area contributed by atoms with E-state index in [0.717, 1.165) is 29.8 Å². The van der Waals surface area contributed by atoms with Crippen molar-refractivity contribution in [1.82, 2.24) is 5.32 Å². The maximum Gasteiger partial charge on any atom is 0.416 e. The molecular formula is C31H35F3N2O5S. The molecule has 7 nitrogen and oxygen atoms in total. The van der Waals surface area contributed by atoms with Crippen molar-refractivity contribution in [2.24, 2.45) is 5.92 Å². The minimum atomic E-state index is -4.36. The van der Waals surface area contributed by atoms with Crippen LogP contribution in [0.5, 0.6) is 0 Å². The Morgan fingerprint density at radius 3 is 2.24 bits per heavy atom. The second-order valence-electron chi connectivity index (χ2n) is 10.5. The second-order valence-corrected chi connectivity index (χ2v) is 12.8. The third kappa shape index (κ3) is 7.50. The van der Waals surface area contributed by atoms with Crippen LogP contribution in [0.25, 0.3) is 0 Å². The molecule has 0 bridgehead atoms. The first-order valence-corrected chi connectivity index (χ1v) is 15.4. The highest BCUT2D eigenvalue weighted by atomic mass is 32.2. The number of aliphatic hydroxyl groups excluding tert-OH is 1. The van der Waals surface area contributed by atoms with Gasteiger partial charge in [0.1, 0.15) is 0 Å². The molecule has 3 atom stereocenters. The van der Waals surface area contributed by atoms with E-state index in [-0.39, 0.29) is 35.1 Å². The van der Waals surface area contributed by atoms with E-state index in [1.807, 2.05) is 12.1 Å². The highest BCUT2D eigenvalue weighted by Crippen LogP contribution is 2.33. The van der Waals surface area contributed by atoms with Gasteiger partial charge in [0, 0.05) is 24.9 Å². The average molecular weight is 605 g/mol. The fraction of sp³-hybridized carbons (Fsp3) is 0.387. The molecule has 1 fully saturated rings. The SMILES string of the molecule is CCS(=O)(=O)c1ccc([C@H](CO)NC(=O)c2ccc(N3CC(Cc4ccc(C(F)(F)F)cc4)C[C@H]3COC)cc2)cc1. The fourth-order valence-electron chi connectivity index (χ4n) is 5.35. The summed E-state index contributed by atoms with van der Waals surface area (Å²) >= 11 is 0.